The maximum absolute atomic E-state index is 13.7. The number of hydrogen-bond acceptors (Lipinski definition) is 3. The van der Waals surface area contributed by atoms with Crippen molar-refractivity contribution in [1.29, 1.82) is 0 Å². The number of hydrogen-bond donors (Lipinski definition) is 1. The van der Waals surface area contributed by atoms with Gasteiger partial charge in [-0.25, -0.2) is 0 Å². The summed E-state index contributed by atoms with van der Waals surface area (Å²) in [4.78, 5) is 32.1. The summed E-state index contributed by atoms with van der Waals surface area (Å²) < 4.78 is 40.9. The number of nitrogens with zero attached hydrogens (tertiary/aromatic N) is 1. The molecule has 1 heterocycles. The second-order valence-electron chi connectivity index (χ2n) is 9.71. The summed E-state index contributed by atoms with van der Waals surface area (Å²) in [5, 5.41) is 3.07. The van der Waals surface area contributed by atoms with E-state index >= 15 is 0 Å². The zero-order valence-corrected chi connectivity index (χ0v) is 22.2. The van der Waals surface area contributed by atoms with E-state index in [9.17, 15) is 22.8 Å². The fraction of sp³-hybridized carbons (Fsp3) is 0.233. The van der Waals surface area contributed by atoms with E-state index in [2.05, 4.69) is 5.32 Å². The molecule has 0 saturated heterocycles. The third-order valence-electron chi connectivity index (χ3n) is 7.23. The Morgan fingerprint density at radius 1 is 0.974 bits per heavy atom. The number of para-hydroxylation sites is 1. The van der Waals surface area contributed by atoms with E-state index in [1.54, 1.807) is 19.1 Å². The highest BCUT2D eigenvalue weighted by Gasteiger charge is 2.45. The van der Waals surface area contributed by atoms with Crippen LogP contribution in [0.4, 0.5) is 18.9 Å². The molecule has 5 rings (SSSR count). The summed E-state index contributed by atoms with van der Waals surface area (Å²) in [5.74, 6) is -2.88. The fourth-order valence-electron chi connectivity index (χ4n) is 5.50. The normalized spacial score (nSPS) is 21.3. The van der Waals surface area contributed by atoms with E-state index in [0.717, 1.165) is 11.6 Å². The van der Waals surface area contributed by atoms with E-state index in [1.165, 1.54) is 24.3 Å². The van der Waals surface area contributed by atoms with Crippen LogP contribution in [-0.2, 0) is 15.8 Å². The van der Waals surface area contributed by atoms with Crippen molar-refractivity contribution in [2.45, 2.75) is 37.8 Å². The molecule has 1 N–H and O–H groups in total. The number of amides is 1. The first kappa shape index (κ1) is 27.2. The minimum Gasteiger partial charge on any atom is -0.325 e. The first-order chi connectivity index (χ1) is 18.5. The van der Waals surface area contributed by atoms with Gasteiger partial charge < -0.3 is 5.32 Å². The van der Waals surface area contributed by atoms with Gasteiger partial charge in [-0.1, -0.05) is 71.7 Å². The van der Waals surface area contributed by atoms with Crippen LogP contribution >= 0.6 is 23.2 Å². The molecule has 4 nitrogen and oxygen atoms in total. The van der Waals surface area contributed by atoms with Gasteiger partial charge in [0.15, 0.2) is 5.78 Å². The highest BCUT2D eigenvalue weighted by molar-refractivity contribution is 6.35. The van der Waals surface area contributed by atoms with Crippen LogP contribution in [0.2, 0.25) is 10.0 Å². The Morgan fingerprint density at radius 3 is 2.36 bits per heavy atom. The molecular formula is C30H23Cl2F3N2O2. The second-order valence-corrected chi connectivity index (χ2v) is 10.5. The third-order valence-corrected chi connectivity index (χ3v) is 7.79. The van der Waals surface area contributed by atoms with Gasteiger partial charge in [-0.2, -0.15) is 13.2 Å². The predicted octanol–water partition coefficient (Wildman–Crippen LogP) is 8.23. The van der Waals surface area contributed by atoms with Crippen LogP contribution in [0.3, 0.4) is 0 Å². The maximum atomic E-state index is 13.7. The molecule has 200 valence electrons. The minimum absolute atomic E-state index is 0.0839. The summed E-state index contributed by atoms with van der Waals surface area (Å²) >= 11 is 12.7. The summed E-state index contributed by atoms with van der Waals surface area (Å²) in [6.45, 7) is 1.65. The molecule has 1 unspecified atom stereocenters. The summed E-state index contributed by atoms with van der Waals surface area (Å²) in [7, 11) is 0. The number of benzene rings is 3. The van der Waals surface area contributed by atoms with Gasteiger partial charge >= 0.3 is 6.18 Å². The van der Waals surface area contributed by atoms with Crippen molar-refractivity contribution in [2.24, 2.45) is 10.9 Å². The molecule has 0 bridgehead atoms. The lowest BCUT2D eigenvalue weighted by Gasteiger charge is -2.37. The molecule has 39 heavy (non-hydrogen) atoms. The number of carbonyl (C=O) groups excluding carboxylic acids is 2. The highest BCUT2D eigenvalue weighted by Crippen LogP contribution is 2.48. The molecule has 2 aliphatic rings. The number of nitrogens with one attached hydrogen (secondary N) is 1. The predicted molar refractivity (Wildman–Crippen MR) is 146 cm³/mol. The van der Waals surface area contributed by atoms with Crippen LogP contribution in [0.15, 0.2) is 89.1 Å². The number of Topliss-reactive ketones (excluding diaryl/α,β-unsaturated/α-hetero) is 1. The molecule has 1 aliphatic carbocycles. The van der Waals surface area contributed by atoms with Gasteiger partial charge in [-0.05, 0) is 54.7 Å². The average molecular weight is 571 g/mol. The van der Waals surface area contributed by atoms with Crippen LogP contribution in [0, 0.1) is 5.92 Å². The first-order valence-electron chi connectivity index (χ1n) is 12.3. The molecule has 1 aliphatic heterocycles. The van der Waals surface area contributed by atoms with Gasteiger partial charge in [0.2, 0.25) is 5.91 Å². The molecule has 1 amide bonds. The molecule has 9 heteroatoms. The quantitative estimate of drug-likeness (QED) is 0.343. The van der Waals surface area contributed by atoms with Crippen LogP contribution in [-0.4, -0.2) is 17.4 Å². The Morgan fingerprint density at radius 2 is 1.67 bits per heavy atom. The lowest BCUT2D eigenvalue weighted by atomic mass is 9.69. The number of alkyl halides is 3. The van der Waals surface area contributed by atoms with Crippen molar-refractivity contribution >= 4 is 46.3 Å². The van der Waals surface area contributed by atoms with Crippen molar-refractivity contribution < 1.29 is 22.8 Å². The molecule has 0 spiro atoms. The zero-order valence-electron chi connectivity index (χ0n) is 20.7. The number of aliphatic imine (C=N–C) groups is 1. The number of ketones is 1. The average Bonchev–Trinajstić information content (AvgIpc) is 2.88. The van der Waals surface area contributed by atoms with Crippen molar-refractivity contribution in [1.82, 2.24) is 0 Å². The number of halogens is 5. The molecule has 3 atom stereocenters. The van der Waals surface area contributed by atoms with Crippen molar-refractivity contribution in [3.05, 3.63) is 111 Å². The fourth-order valence-corrected chi connectivity index (χ4v) is 6.03. The molecule has 0 radical (unpaired) electrons. The molecule has 0 fully saturated rings. The second kappa shape index (κ2) is 10.6. The van der Waals surface area contributed by atoms with Crippen LogP contribution in [0.5, 0.6) is 0 Å². The third kappa shape index (κ3) is 5.38. The van der Waals surface area contributed by atoms with Gasteiger partial charge in [0, 0.05) is 39.4 Å². The molecule has 0 aromatic heterocycles. The molecule has 3 aromatic rings. The molecular weight excluding hydrogens is 548 g/mol. The maximum Gasteiger partial charge on any atom is 0.418 e. The van der Waals surface area contributed by atoms with E-state index in [1.807, 2.05) is 30.3 Å². The monoisotopic (exact) mass is 570 g/mol. The van der Waals surface area contributed by atoms with Crippen LogP contribution < -0.4 is 5.32 Å². The Bertz CT molecular complexity index is 1520. The number of carbonyl (C=O) groups is 2. The number of rotatable bonds is 4. The Labute approximate surface area is 233 Å². The van der Waals surface area contributed by atoms with Crippen LogP contribution in [0.25, 0.3) is 0 Å². The zero-order chi connectivity index (χ0) is 27.9. The Balaban J connectivity index is 1.59. The lowest BCUT2D eigenvalue weighted by Crippen LogP contribution is -2.40. The summed E-state index contributed by atoms with van der Waals surface area (Å²) in [6, 6.07) is 19.2. The smallest absolute Gasteiger partial charge is 0.325 e. The highest BCUT2D eigenvalue weighted by atomic mass is 35.5. The van der Waals surface area contributed by atoms with Gasteiger partial charge in [-0.3, -0.25) is 14.6 Å². The standard InChI is InChI=1S/C30H23Cl2F3N2O2/c1-16-26(29(39)37-23-10-6-5-9-21(23)30(33,34)35)27(20-12-11-19(31)15-22(20)32)28-24(36-16)13-18(14-25(28)38)17-7-3-2-4-8-17/h2-12,15,18,26-27H,13-14H2,1H3,(H,37,39)/t18-,26?,27+/m1/s1. The molecule has 3 aromatic carbocycles. The van der Waals surface area contributed by atoms with Gasteiger partial charge in [0.05, 0.1) is 17.2 Å². The van der Waals surface area contributed by atoms with Gasteiger partial charge in [0.1, 0.15) is 0 Å². The Kier molecular flexibility index (Phi) is 7.40. The summed E-state index contributed by atoms with van der Waals surface area (Å²) in [6.07, 6.45) is -3.97. The van der Waals surface area contributed by atoms with E-state index < -0.39 is 29.5 Å². The van der Waals surface area contributed by atoms with Crippen molar-refractivity contribution in [3.63, 3.8) is 0 Å². The summed E-state index contributed by atoms with van der Waals surface area (Å²) in [5.41, 5.74) is 1.46. The van der Waals surface area contributed by atoms with Crippen molar-refractivity contribution in [2.75, 3.05) is 5.32 Å². The molecule has 0 saturated carbocycles. The van der Waals surface area contributed by atoms with Crippen molar-refractivity contribution in [3.8, 4) is 0 Å². The SMILES string of the molecule is CC1=NC2=C(C(=O)C[C@H](c3ccccc3)C2)[C@@H](c2ccc(Cl)cc2Cl)C1C(=O)Nc1ccccc1C(F)(F)F. The van der Waals surface area contributed by atoms with E-state index in [4.69, 9.17) is 28.2 Å². The first-order valence-corrected chi connectivity index (χ1v) is 13.1. The van der Waals surface area contributed by atoms with E-state index in [0.29, 0.717) is 34.0 Å². The van der Waals surface area contributed by atoms with E-state index in [-0.39, 0.29) is 28.8 Å². The van der Waals surface area contributed by atoms with Crippen LogP contribution in [0.1, 0.15) is 48.3 Å². The van der Waals surface area contributed by atoms with Gasteiger partial charge in [0.25, 0.3) is 0 Å². The minimum atomic E-state index is -4.67. The van der Waals surface area contributed by atoms with Gasteiger partial charge in [-0.15, -0.1) is 0 Å². The topological polar surface area (TPSA) is 58.5 Å². The Hall–Kier alpha value is -3.42. The largest absolute Gasteiger partial charge is 0.418 e. The number of anilines is 1. The lowest BCUT2D eigenvalue weighted by molar-refractivity contribution is -0.137. The number of allylic oxidation sites excluding steroid dienone is 2.